The van der Waals surface area contributed by atoms with E-state index >= 15 is 0 Å². The second-order valence-corrected chi connectivity index (χ2v) is 17.0. The number of benzene rings is 2. The molecule has 2 amide bonds. The number of hydrogen-bond donors (Lipinski definition) is 1. The molecule has 47 heavy (non-hydrogen) atoms. The monoisotopic (exact) mass is 655 g/mol. The highest BCUT2D eigenvalue weighted by molar-refractivity contribution is 7.91. The van der Waals surface area contributed by atoms with Crippen molar-refractivity contribution in [3.63, 3.8) is 0 Å². The van der Waals surface area contributed by atoms with Crippen LogP contribution in [0.1, 0.15) is 110 Å². The van der Waals surface area contributed by atoms with Crippen molar-refractivity contribution in [2.75, 3.05) is 7.11 Å². The lowest BCUT2D eigenvalue weighted by atomic mass is 9.81. The number of rotatable bonds is 6. The maximum absolute atomic E-state index is 14.9. The number of sulfonamides is 1. The third-order valence-electron chi connectivity index (χ3n) is 12.2. The molecule has 9 nitrogen and oxygen atoms in total. The van der Waals surface area contributed by atoms with Crippen LogP contribution < -0.4 is 9.46 Å². The van der Waals surface area contributed by atoms with Crippen LogP contribution in [-0.4, -0.2) is 59.9 Å². The third-order valence-corrected chi connectivity index (χ3v) is 14.0. The summed E-state index contributed by atoms with van der Waals surface area (Å²) < 4.78 is 35.7. The summed E-state index contributed by atoms with van der Waals surface area (Å²) in [6.07, 6.45) is 10.2. The maximum Gasteiger partial charge on any atom is 0.264 e. The number of nitrogens with zero attached hydrogens (tertiary/aromatic N) is 2. The number of carbonyl (C=O) groups excluding carboxylic acids is 3. The van der Waals surface area contributed by atoms with Gasteiger partial charge >= 0.3 is 0 Å². The summed E-state index contributed by atoms with van der Waals surface area (Å²) >= 11 is 0. The molecule has 2 bridgehead atoms. The molecule has 2 aromatic carbocycles. The van der Waals surface area contributed by atoms with E-state index in [0.29, 0.717) is 50.1 Å². The number of nitrogens with one attached hydrogen (secondary N) is 1. The van der Waals surface area contributed by atoms with Gasteiger partial charge in [-0.2, -0.15) is 0 Å². The Balaban J connectivity index is 1.23. The molecule has 6 aliphatic rings. The van der Waals surface area contributed by atoms with E-state index in [1.54, 1.807) is 13.2 Å². The van der Waals surface area contributed by atoms with E-state index in [-0.39, 0.29) is 29.7 Å². The van der Waals surface area contributed by atoms with Gasteiger partial charge in [0.2, 0.25) is 15.9 Å². The normalized spacial score (nSPS) is 28.3. The molecule has 3 aromatic rings. The Morgan fingerprint density at radius 2 is 1.68 bits per heavy atom. The average Bonchev–Trinajstić information content (AvgIpc) is 3.99. The van der Waals surface area contributed by atoms with Crippen LogP contribution >= 0.6 is 0 Å². The molecule has 0 spiro atoms. The minimum absolute atomic E-state index is 0.0152. The lowest BCUT2D eigenvalue weighted by molar-refractivity contribution is -0.144. The van der Waals surface area contributed by atoms with Gasteiger partial charge in [0.15, 0.2) is 0 Å². The van der Waals surface area contributed by atoms with Gasteiger partial charge in [0.05, 0.1) is 23.5 Å². The summed E-state index contributed by atoms with van der Waals surface area (Å²) in [4.78, 5) is 42.9. The van der Waals surface area contributed by atoms with E-state index in [2.05, 4.69) is 26.3 Å². The number of amides is 2. The number of aromatic nitrogens is 1. The molecule has 1 N–H and O–H groups in total. The molecule has 1 aromatic heterocycles. The standard InChI is InChI=1S/C37H41N3O6S/c1-46-26-10-14-28-30(18-26)31-19-37(31,36(43)40-23-8-9-24(40)17-25(41)16-23)20-39-32-15-22(35(42)38-47(44,45)27-11-12-27)7-13-29(32)33(34(28)39)21-5-3-2-4-6-21/h7,10,13-15,18,21,23-24,27,31H,2-6,8-9,11-12,16-17,19-20H2,1H3,(H,38,42). The molecule has 5 fully saturated rings. The van der Waals surface area contributed by atoms with Crippen LogP contribution in [0.3, 0.4) is 0 Å². The van der Waals surface area contributed by atoms with Crippen molar-refractivity contribution < 1.29 is 27.5 Å². The molecule has 0 radical (unpaired) electrons. The van der Waals surface area contributed by atoms with Crippen LogP contribution in [0.25, 0.3) is 22.2 Å². The predicted molar refractivity (Wildman–Crippen MR) is 177 cm³/mol. The Bertz CT molecular complexity index is 1960. The molecule has 246 valence electrons. The fourth-order valence-corrected chi connectivity index (χ4v) is 10.9. The maximum atomic E-state index is 14.9. The van der Waals surface area contributed by atoms with Crippen molar-refractivity contribution in [3.05, 3.63) is 53.1 Å². The van der Waals surface area contributed by atoms with Crippen molar-refractivity contribution >= 4 is 38.5 Å². The second kappa shape index (κ2) is 10.4. The number of hydrogen-bond acceptors (Lipinski definition) is 6. The fraction of sp³-hybridized carbons (Fsp3) is 0.541. The van der Waals surface area contributed by atoms with E-state index in [1.165, 1.54) is 12.0 Å². The first-order valence-electron chi connectivity index (χ1n) is 17.4. The van der Waals surface area contributed by atoms with Crippen LogP contribution in [0, 0.1) is 5.41 Å². The number of fused-ring (bicyclic) bond motifs is 9. The van der Waals surface area contributed by atoms with E-state index in [9.17, 15) is 22.8 Å². The first-order chi connectivity index (χ1) is 22.7. The van der Waals surface area contributed by atoms with Crippen LogP contribution in [0.15, 0.2) is 36.4 Å². The van der Waals surface area contributed by atoms with Crippen LogP contribution in [-0.2, 0) is 26.2 Å². The molecule has 3 aliphatic carbocycles. The molecule has 10 heteroatoms. The van der Waals surface area contributed by atoms with Gasteiger partial charge in [0.25, 0.3) is 5.91 Å². The molecular formula is C37H41N3O6S. The molecule has 4 unspecified atom stereocenters. The number of Topliss-reactive ketones (excluding diaryl/α,β-unsaturated/α-hetero) is 1. The zero-order chi connectivity index (χ0) is 32.2. The van der Waals surface area contributed by atoms with Gasteiger partial charge in [0.1, 0.15) is 11.5 Å². The van der Waals surface area contributed by atoms with Gasteiger partial charge in [-0.3, -0.25) is 14.4 Å². The highest BCUT2D eigenvalue weighted by Gasteiger charge is 2.65. The first kappa shape index (κ1) is 29.5. The molecule has 3 saturated carbocycles. The molecule has 4 heterocycles. The number of methoxy groups -OCH3 is 1. The third kappa shape index (κ3) is 4.53. The molecule has 2 saturated heterocycles. The smallest absolute Gasteiger partial charge is 0.264 e. The highest BCUT2D eigenvalue weighted by Crippen LogP contribution is 2.67. The van der Waals surface area contributed by atoms with Crippen molar-refractivity contribution in [1.82, 2.24) is 14.2 Å². The van der Waals surface area contributed by atoms with Crippen molar-refractivity contribution in [2.24, 2.45) is 5.41 Å². The zero-order valence-corrected chi connectivity index (χ0v) is 27.6. The van der Waals surface area contributed by atoms with Crippen LogP contribution in [0.5, 0.6) is 5.75 Å². The molecule has 4 atom stereocenters. The summed E-state index contributed by atoms with van der Waals surface area (Å²) in [5.74, 6) is 0.915. The lowest BCUT2D eigenvalue weighted by Crippen LogP contribution is -2.50. The van der Waals surface area contributed by atoms with Crippen molar-refractivity contribution in [3.8, 4) is 17.0 Å². The SMILES string of the molecule is COc1ccc2c(c1)C1CC1(C(=O)N1C3CCC1CC(=O)C3)Cn1c-2c(C2CCCCC2)c2ccc(C(=O)NS(=O)(=O)C3CC3)cc21. The Morgan fingerprint density at radius 1 is 0.936 bits per heavy atom. The minimum Gasteiger partial charge on any atom is -0.497 e. The van der Waals surface area contributed by atoms with Gasteiger partial charge in [-0.15, -0.1) is 0 Å². The molecule has 9 rings (SSSR count). The molecular weight excluding hydrogens is 614 g/mol. The predicted octanol–water partition coefficient (Wildman–Crippen LogP) is 5.80. The largest absolute Gasteiger partial charge is 0.497 e. The molecule has 3 aliphatic heterocycles. The Labute approximate surface area is 275 Å². The van der Waals surface area contributed by atoms with Gasteiger partial charge < -0.3 is 14.2 Å². The summed E-state index contributed by atoms with van der Waals surface area (Å²) in [7, 11) is -2.03. The summed E-state index contributed by atoms with van der Waals surface area (Å²) in [6.45, 7) is 0.474. The fourth-order valence-electron chi connectivity index (χ4n) is 9.63. The number of ketones is 1. The second-order valence-electron chi connectivity index (χ2n) is 15.0. The van der Waals surface area contributed by atoms with Gasteiger partial charge in [0, 0.05) is 59.4 Å². The van der Waals surface area contributed by atoms with E-state index in [0.717, 1.165) is 72.0 Å². The van der Waals surface area contributed by atoms with Crippen LogP contribution in [0.2, 0.25) is 0 Å². The van der Waals surface area contributed by atoms with Crippen molar-refractivity contribution in [2.45, 2.75) is 113 Å². The van der Waals surface area contributed by atoms with Gasteiger partial charge in [-0.05, 0) is 92.3 Å². The summed E-state index contributed by atoms with van der Waals surface area (Å²) in [5.41, 5.74) is 5.13. The average molecular weight is 656 g/mol. The summed E-state index contributed by atoms with van der Waals surface area (Å²) in [6, 6.07) is 11.8. The van der Waals surface area contributed by atoms with E-state index < -0.39 is 26.6 Å². The zero-order valence-electron chi connectivity index (χ0n) is 26.8. The Morgan fingerprint density at radius 3 is 2.38 bits per heavy atom. The first-order valence-corrected chi connectivity index (χ1v) is 19.0. The van der Waals surface area contributed by atoms with E-state index in [1.807, 2.05) is 18.2 Å². The highest BCUT2D eigenvalue weighted by atomic mass is 32.2. The van der Waals surface area contributed by atoms with Gasteiger partial charge in [-0.1, -0.05) is 25.3 Å². The van der Waals surface area contributed by atoms with Gasteiger partial charge in [-0.25, -0.2) is 13.1 Å². The topological polar surface area (TPSA) is 115 Å². The lowest BCUT2D eigenvalue weighted by Gasteiger charge is -2.37. The quantitative estimate of drug-likeness (QED) is 0.359. The number of piperidine rings is 1. The van der Waals surface area contributed by atoms with Crippen LogP contribution in [0.4, 0.5) is 0 Å². The number of ether oxygens (including phenoxy) is 1. The minimum atomic E-state index is -3.71. The Kier molecular flexibility index (Phi) is 6.53. The van der Waals surface area contributed by atoms with Crippen molar-refractivity contribution in [1.29, 1.82) is 0 Å². The number of carbonyl (C=O) groups is 3. The summed E-state index contributed by atoms with van der Waals surface area (Å²) in [5, 5.41) is 0.574. The Hall–Kier alpha value is -3.66. The van der Waals surface area contributed by atoms with E-state index in [4.69, 9.17) is 4.74 Å².